The summed E-state index contributed by atoms with van der Waals surface area (Å²) in [7, 11) is -2.01. The Labute approximate surface area is 114 Å². The summed E-state index contributed by atoms with van der Waals surface area (Å²) in [5, 5.41) is 5.07. The Morgan fingerprint density at radius 3 is 2.42 bits per heavy atom. The Bertz CT molecular complexity index is 538. The second-order valence-electron chi connectivity index (χ2n) is 5.03. The molecule has 1 rings (SSSR count). The first-order chi connectivity index (χ1) is 8.65. The highest BCUT2D eigenvalue weighted by Crippen LogP contribution is 2.22. The van der Waals surface area contributed by atoms with Crippen LogP contribution in [0.1, 0.15) is 25.8 Å². The number of hydrogen-bond donors (Lipinski definition) is 1. The van der Waals surface area contributed by atoms with Crippen molar-refractivity contribution in [2.75, 3.05) is 13.7 Å². The molecule has 0 aromatic heterocycles. The van der Waals surface area contributed by atoms with Gasteiger partial charge in [0.15, 0.2) is 0 Å². The van der Waals surface area contributed by atoms with Crippen molar-refractivity contribution in [2.45, 2.75) is 37.7 Å². The summed E-state index contributed by atoms with van der Waals surface area (Å²) < 4.78 is 33.3. The first kappa shape index (κ1) is 15.9. The van der Waals surface area contributed by atoms with E-state index in [1.165, 1.54) is 12.1 Å². The van der Waals surface area contributed by atoms with Crippen molar-refractivity contribution in [3.63, 3.8) is 0 Å². The Hall–Kier alpha value is -1.11. The molecule has 108 valence electrons. The summed E-state index contributed by atoms with van der Waals surface area (Å²) in [6.07, 6.45) is 0.736. The number of rotatable bonds is 6. The summed E-state index contributed by atoms with van der Waals surface area (Å²) >= 11 is 0. The van der Waals surface area contributed by atoms with Gasteiger partial charge < -0.3 is 9.47 Å². The average molecular weight is 287 g/mol. The zero-order valence-electron chi connectivity index (χ0n) is 11.8. The third-order valence-corrected chi connectivity index (χ3v) is 3.90. The smallest absolute Gasteiger partial charge is 0.238 e. The number of sulfonamides is 1. The van der Waals surface area contributed by atoms with Crippen LogP contribution in [0, 0.1) is 6.92 Å². The number of primary sulfonamides is 1. The number of nitrogens with two attached hydrogens (primary N) is 1. The molecule has 0 fully saturated rings. The predicted molar refractivity (Wildman–Crippen MR) is 73.8 cm³/mol. The summed E-state index contributed by atoms with van der Waals surface area (Å²) in [5.74, 6) is 0.652. The maximum atomic E-state index is 11.2. The zero-order chi connectivity index (χ0) is 14.7. The molecule has 0 radical (unpaired) electrons. The third kappa shape index (κ3) is 4.81. The van der Waals surface area contributed by atoms with Crippen LogP contribution in [0.15, 0.2) is 23.1 Å². The van der Waals surface area contributed by atoms with Crippen LogP contribution in [0.4, 0.5) is 0 Å². The minimum absolute atomic E-state index is 0.0922. The van der Waals surface area contributed by atoms with Gasteiger partial charge in [0, 0.05) is 13.5 Å². The number of hydrogen-bond acceptors (Lipinski definition) is 4. The van der Waals surface area contributed by atoms with Crippen molar-refractivity contribution in [3.8, 4) is 5.75 Å². The monoisotopic (exact) mass is 287 g/mol. The van der Waals surface area contributed by atoms with Gasteiger partial charge in [0.25, 0.3) is 0 Å². The van der Waals surface area contributed by atoms with Crippen LogP contribution >= 0.6 is 0 Å². The van der Waals surface area contributed by atoms with Crippen molar-refractivity contribution in [2.24, 2.45) is 5.14 Å². The molecular weight excluding hydrogens is 266 g/mol. The molecule has 0 amide bonds. The lowest BCUT2D eigenvalue weighted by atomic mass is 10.1. The van der Waals surface area contributed by atoms with Gasteiger partial charge >= 0.3 is 0 Å². The van der Waals surface area contributed by atoms with Crippen LogP contribution in [-0.2, 0) is 14.8 Å². The van der Waals surface area contributed by atoms with E-state index in [-0.39, 0.29) is 10.5 Å². The van der Waals surface area contributed by atoms with Crippen LogP contribution in [0.25, 0.3) is 0 Å². The molecule has 6 heteroatoms. The van der Waals surface area contributed by atoms with Gasteiger partial charge in [0.1, 0.15) is 5.75 Å². The molecule has 0 spiro atoms. The van der Waals surface area contributed by atoms with Crippen LogP contribution in [-0.4, -0.2) is 27.7 Å². The Morgan fingerprint density at radius 1 is 1.32 bits per heavy atom. The van der Waals surface area contributed by atoms with Crippen molar-refractivity contribution in [1.29, 1.82) is 0 Å². The van der Waals surface area contributed by atoms with E-state index in [0.717, 1.165) is 12.0 Å². The van der Waals surface area contributed by atoms with E-state index < -0.39 is 10.0 Å². The van der Waals surface area contributed by atoms with Crippen LogP contribution in [0.2, 0.25) is 0 Å². The molecule has 5 nitrogen and oxygen atoms in total. The fourth-order valence-corrected chi connectivity index (χ4v) is 2.07. The maximum Gasteiger partial charge on any atom is 0.238 e. The number of methoxy groups -OCH3 is 1. The number of ether oxygens (including phenoxy) is 2. The molecule has 1 aromatic rings. The van der Waals surface area contributed by atoms with E-state index in [1.54, 1.807) is 20.1 Å². The lowest BCUT2D eigenvalue weighted by Crippen LogP contribution is -2.25. The van der Waals surface area contributed by atoms with E-state index in [2.05, 4.69) is 0 Å². The van der Waals surface area contributed by atoms with Gasteiger partial charge in [-0.3, -0.25) is 0 Å². The van der Waals surface area contributed by atoms with E-state index in [4.69, 9.17) is 14.6 Å². The summed E-state index contributed by atoms with van der Waals surface area (Å²) in [5.41, 5.74) is 0.496. The Kier molecular flexibility index (Phi) is 4.95. The van der Waals surface area contributed by atoms with Gasteiger partial charge in [0.05, 0.1) is 17.1 Å². The van der Waals surface area contributed by atoms with Gasteiger partial charge in [0.2, 0.25) is 10.0 Å². The highest BCUT2D eigenvalue weighted by Gasteiger charge is 2.16. The molecule has 0 aliphatic carbocycles. The largest absolute Gasteiger partial charge is 0.493 e. The van der Waals surface area contributed by atoms with Gasteiger partial charge in [-0.05, 0) is 44.5 Å². The summed E-state index contributed by atoms with van der Waals surface area (Å²) in [6.45, 7) is 6.24. The van der Waals surface area contributed by atoms with Crippen molar-refractivity contribution in [1.82, 2.24) is 0 Å². The van der Waals surface area contributed by atoms with Crippen LogP contribution in [0.3, 0.4) is 0 Å². The van der Waals surface area contributed by atoms with Crippen molar-refractivity contribution in [3.05, 3.63) is 23.8 Å². The van der Waals surface area contributed by atoms with Gasteiger partial charge in [-0.2, -0.15) is 0 Å². The standard InChI is InChI=1S/C13H21NO4S/c1-10-9-11(19(14,15)16)5-6-12(10)18-8-7-13(2,3)17-4/h5-6,9H,7-8H2,1-4H3,(H2,14,15,16). The molecule has 0 heterocycles. The van der Waals surface area contributed by atoms with E-state index in [0.29, 0.717) is 12.4 Å². The quantitative estimate of drug-likeness (QED) is 0.866. The SMILES string of the molecule is COC(C)(C)CCOc1ccc(S(N)(=O)=O)cc1C. The molecule has 0 saturated carbocycles. The van der Waals surface area contributed by atoms with Gasteiger partial charge in [-0.25, -0.2) is 13.6 Å². The Balaban J connectivity index is 2.72. The van der Waals surface area contributed by atoms with E-state index in [9.17, 15) is 8.42 Å². The predicted octanol–water partition coefficient (Wildman–Crippen LogP) is 1.84. The molecule has 1 aromatic carbocycles. The maximum absolute atomic E-state index is 11.2. The topological polar surface area (TPSA) is 78.6 Å². The molecule has 0 aliphatic heterocycles. The molecule has 0 atom stereocenters. The molecule has 0 unspecified atom stereocenters. The van der Waals surface area contributed by atoms with E-state index in [1.807, 2.05) is 13.8 Å². The fraction of sp³-hybridized carbons (Fsp3) is 0.538. The molecule has 0 aliphatic rings. The van der Waals surface area contributed by atoms with Gasteiger partial charge in [-0.15, -0.1) is 0 Å². The van der Waals surface area contributed by atoms with Crippen molar-refractivity contribution >= 4 is 10.0 Å². The second kappa shape index (κ2) is 5.90. The third-order valence-electron chi connectivity index (χ3n) is 2.99. The highest BCUT2D eigenvalue weighted by molar-refractivity contribution is 7.89. The summed E-state index contributed by atoms with van der Waals surface area (Å²) in [6, 6.07) is 4.57. The van der Waals surface area contributed by atoms with Crippen LogP contribution in [0.5, 0.6) is 5.75 Å². The molecule has 2 N–H and O–H groups in total. The lowest BCUT2D eigenvalue weighted by Gasteiger charge is -2.22. The average Bonchev–Trinajstić information content (AvgIpc) is 2.30. The molecule has 19 heavy (non-hydrogen) atoms. The fourth-order valence-electron chi connectivity index (χ4n) is 1.47. The molecule has 0 bridgehead atoms. The number of aryl methyl sites for hydroxylation is 1. The number of benzene rings is 1. The first-order valence-electron chi connectivity index (χ1n) is 5.97. The Morgan fingerprint density at radius 2 is 1.95 bits per heavy atom. The first-order valence-corrected chi connectivity index (χ1v) is 7.52. The molecular formula is C13H21NO4S. The normalized spacial score (nSPS) is 12.5. The van der Waals surface area contributed by atoms with Crippen molar-refractivity contribution < 1.29 is 17.9 Å². The summed E-state index contributed by atoms with van der Waals surface area (Å²) in [4.78, 5) is 0.0922. The zero-order valence-corrected chi connectivity index (χ0v) is 12.6. The highest BCUT2D eigenvalue weighted by atomic mass is 32.2. The minimum atomic E-state index is -3.67. The molecule has 0 saturated heterocycles. The van der Waals surface area contributed by atoms with Gasteiger partial charge in [-0.1, -0.05) is 0 Å². The van der Waals surface area contributed by atoms with E-state index >= 15 is 0 Å². The lowest BCUT2D eigenvalue weighted by molar-refractivity contribution is 0.00539. The minimum Gasteiger partial charge on any atom is -0.493 e. The second-order valence-corrected chi connectivity index (χ2v) is 6.60. The van der Waals surface area contributed by atoms with Crippen LogP contribution < -0.4 is 9.88 Å².